The molecule has 0 spiro atoms. The standard InChI is InChI=1S/C14H17FN4O/c1-17-14(20)12-3-2-11(8-13(12)15)19-7-6-18-10(9-19)4-5-16/h2-3,8,10,18H,4,6-7,9H2,1H3,(H,17,20)/t10-/m0/s1. The molecule has 106 valence electrons. The second kappa shape index (κ2) is 6.35. The van der Waals surface area contributed by atoms with Crippen molar-refractivity contribution in [3.63, 3.8) is 0 Å². The van der Waals surface area contributed by atoms with Crippen molar-refractivity contribution >= 4 is 11.6 Å². The van der Waals surface area contributed by atoms with Gasteiger partial charge >= 0.3 is 0 Å². The Morgan fingerprint density at radius 3 is 3.10 bits per heavy atom. The van der Waals surface area contributed by atoms with Crippen LogP contribution in [0.15, 0.2) is 18.2 Å². The van der Waals surface area contributed by atoms with E-state index < -0.39 is 11.7 Å². The largest absolute Gasteiger partial charge is 0.369 e. The summed E-state index contributed by atoms with van der Waals surface area (Å²) in [6.07, 6.45) is 0.426. The number of piperazine rings is 1. The van der Waals surface area contributed by atoms with Crippen molar-refractivity contribution in [2.24, 2.45) is 0 Å². The highest BCUT2D eigenvalue weighted by Gasteiger charge is 2.20. The number of carbonyl (C=O) groups excluding carboxylic acids is 1. The van der Waals surface area contributed by atoms with Gasteiger partial charge in [0.25, 0.3) is 5.91 Å². The van der Waals surface area contributed by atoms with Crippen molar-refractivity contribution in [3.05, 3.63) is 29.6 Å². The van der Waals surface area contributed by atoms with Gasteiger partial charge in [0, 0.05) is 38.4 Å². The van der Waals surface area contributed by atoms with Gasteiger partial charge in [-0.15, -0.1) is 0 Å². The third-order valence-corrected chi connectivity index (χ3v) is 3.38. The molecule has 1 atom stereocenters. The van der Waals surface area contributed by atoms with Crippen molar-refractivity contribution in [2.75, 3.05) is 31.6 Å². The summed E-state index contributed by atoms with van der Waals surface area (Å²) >= 11 is 0. The van der Waals surface area contributed by atoms with Crippen molar-refractivity contribution in [2.45, 2.75) is 12.5 Å². The summed E-state index contributed by atoms with van der Waals surface area (Å²) in [5.41, 5.74) is 0.777. The van der Waals surface area contributed by atoms with E-state index in [2.05, 4.69) is 16.7 Å². The van der Waals surface area contributed by atoms with Gasteiger partial charge < -0.3 is 15.5 Å². The molecule has 2 rings (SSSR count). The van der Waals surface area contributed by atoms with Crippen LogP contribution in [-0.2, 0) is 0 Å². The molecular weight excluding hydrogens is 259 g/mol. The van der Waals surface area contributed by atoms with Gasteiger partial charge in [-0.25, -0.2) is 4.39 Å². The number of nitrogens with one attached hydrogen (secondary N) is 2. The van der Waals surface area contributed by atoms with Crippen LogP contribution in [0, 0.1) is 17.1 Å². The van der Waals surface area contributed by atoms with Gasteiger partial charge in [-0.1, -0.05) is 0 Å². The molecule has 1 saturated heterocycles. The van der Waals surface area contributed by atoms with Crippen LogP contribution in [0.2, 0.25) is 0 Å². The van der Waals surface area contributed by atoms with E-state index in [1.54, 1.807) is 6.07 Å². The molecule has 1 aliphatic heterocycles. The van der Waals surface area contributed by atoms with Gasteiger partial charge in [0.05, 0.1) is 18.1 Å². The molecule has 0 saturated carbocycles. The SMILES string of the molecule is CNC(=O)c1ccc(N2CCN[C@@H](CC#N)C2)cc1F. The summed E-state index contributed by atoms with van der Waals surface area (Å²) < 4.78 is 13.9. The molecule has 0 unspecified atom stereocenters. The zero-order valence-electron chi connectivity index (χ0n) is 11.3. The third kappa shape index (κ3) is 3.06. The number of nitrogens with zero attached hydrogens (tertiary/aromatic N) is 2. The smallest absolute Gasteiger partial charge is 0.253 e. The number of anilines is 1. The lowest BCUT2D eigenvalue weighted by molar-refractivity contribution is 0.0959. The molecule has 1 amide bonds. The predicted molar refractivity (Wildman–Crippen MR) is 74.0 cm³/mol. The zero-order chi connectivity index (χ0) is 14.5. The molecule has 1 aliphatic rings. The molecule has 2 N–H and O–H groups in total. The van der Waals surface area contributed by atoms with Gasteiger partial charge in [0.2, 0.25) is 0 Å². The van der Waals surface area contributed by atoms with Crippen molar-refractivity contribution in [3.8, 4) is 6.07 Å². The summed E-state index contributed by atoms with van der Waals surface area (Å²) in [7, 11) is 1.47. The number of rotatable bonds is 3. The van der Waals surface area contributed by atoms with E-state index >= 15 is 0 Å². The molecule has 1 aromatic rings. The Labute approximate surface area is 117 Å². The van der Waals surface area contributed by atoms with Crippen LogP contribution in [0.5, 0.6) is 0 Å². The monoisotopic (exact) mass is 276 g/mol. The maximum absolute atomic E-state index is 13.9. The first-order valence-corrected chi connectivity index (χ1v) is 6.52. The first kappa shape index (κ1) is 14.3. The quantitative estimate of drug-likeness (QED) is 0.860. The predicted octanol–water partition coefficient (Wildman–Crippen LogP) is 0.877. The summed E-state index contributed by atoms with van der Waals surface area (Å²) in [6, 6.07) is 6.83. The number of amides is 1. The lowest BCUT2D eigenvalue weighted by Gasteiger charge is -2.34. The Hall–Kier alpha value is -2.13. The number of carbonyl (C=O) groups is 1. The molecule has 1 fully saturated rings. The minimum atomic E-state index is -0.530. The summed E-state index contributed by atoms with van der Waals surface area (Å²) in [5, 5.41) is 14.4. The number of benzene rings is 1. The van der Waals surface area contributed by atoms with Gasteiger partial charge in [-0.05, 0) is 18.2 Å². The van der Waals surface area contributed by atoms with Crippen molar-refractivity contribution in [1.82, 2.24) is 10.6 Å². The number of hydrogen-bond donors (Lipinski definition) is 2. The number of halogens is 1. The molecule has 0 aliphatic carbocycles. The lowest BCUT2D eigenvalue weighted by atomic mass is 10.1. The normalized spacial score (nSPS) is 18.4. The van der Waals surface area contributed by atoms with Crippen LogP contribution in [0.1, 0.15) is 16.8 Å². The second-order valence-electron chi connectivity index (χ2n) is 4.70. The molecule has 0 radical (unpaired) electrons. The lowest BCUT2D eigenvalue weighted by Crippen LogP contribution is -2.50. The topological polar surface area (TPSA) is 68.2 Å². The number of hydrogen-bond acceptors (Lipinski definition) is 4. The molecule has 0 bridgehead atoms. The van der Waals surface area contributed by atoms with Crippen LogP contribution < -0.4 is 15.5 Å². The maximum Gasteiger partial charge on any atom is 0.253 e. The molecule has 1 aromatic carbocycles. The Kier molecular flexibility index (Phi) is 4.53. The molecule has 1 heterocycles. The highest BCUT2D eigenvalue weighted by Crippen LogP contribution is 2.20. The van der Waals surface area contributed by atoms with Crippen molar-refractivity contribution in [1.29, 1.82) is 5.26 Å². The Morgan fingerprint density at radius 2 is 2.45 bits per heavy atom. The van der Waals surface area contributed by atoms with Crippen LogP contribution >= 0.6 is 0 Å². The Morgan fingerprint density at radius 1 is 1.65 bits per heavy atom. The minimum Gasteiger partial charge on any atom is -0.369 e. The fraction of sp³-hybridized carbons (Fsp3) is 0.429. The van der Waals surface area contributed by atoms with E-state index in [1.165, 1.54) is 19.2 Å². The van der Waals surface area contributed by atoms with Gasteiger partial charge in [0.1, 0.15) is 5.82 Å². The Balaban J connectivity index is 2.15. The number of nitriles is 1. The van der Waals surface area contributed by atoms with Gasteiger partial charge in [-0.3, -0.25) is 4.79 Å². The first-order valence-electron chi connectivity index (χ1n) is 6.52. The highest BCUT2D eigenvalue weighted by atomic mass is 19.1. The van der Waals surface area contributed by atoms with E-state index in [-0.39, 0.29) is 11.6 Å². The zero-order valence-corrected chi connectivity index (χ0v) is 11.3. The average molecular weight is 276 g/mol. The summed E-state index contributed by atoms with van der Waals surface area (Å²) in [5.74, 6) is -0.964. The Bertz CT molecular complexity index is 540. The fourth-order valence-electron chi connectivity index (χ4n) is 2.33. The maximum atomic E-state index is 13.9. The van der Waals surface area contributed by atoms with E-state index in [1.807, 2.05) is 4.90 Å². The minimum absolute atomic E-state index is 0.0416. The summed E-state index contributed by atoms with van der Waals surface area (Å²) in [6.45, 7) is 2.16. The van der Waals surface area contributed by atoms with Crippen LogP contribution in [0.4, 0.5) is 10.1 Å². The molecule has 20 heavy (non-hydrogen) atoms. The second-order valence-corrected chi connectivity index (χ2v) is 4.70. The molecular formula is C14H17FN4O. The van der Waals surface area contributed by atoms with Crippen LogP contribution in [0.25, 0.3) is 0 Å². The van der Waals surface area contributed by atoms with E-state index in [4.69, 9.17) is 5.26 Å². The van der Waals surface area contributed by atoms with Crippen LogP contribution in [-0.4, -0.2) is 38.6 Å². The van der Waals surface area contributed by atoms with Gasteiger partial charge in [-0.2, -0.15) is 5.26 Å². The van der Waals surface area contributed by atoms with E-state index in [0.717, 1.165) is 18.8 Å². The molecule has 5 nitrogen and oxygen atoms in total. The van der Waals surface area contributed by atoms with E-state index in [0.29, 0.717) is 13.0 Å². The summed E-state index contributed by atoms with van der Waals surface area (Å²) in [4.78, 5) is 13.5. The fourth-order valence-corrected chi connectivity index (χ4v) is 2.33. The third-order valence-electron chi connectivity index (χ3n) is 3.38. The average Bonchev–Trinajstić information content (AvgIpc) is 2.47. The first-order chi connectivity index (χ1) is 9.65. The molecule has 0 aromatic heterocycles. The van der Waals surface area contributed by atoms with Gasteiger partial charge in [0.15, 0.2) is 0 Å². The van der Waals surface area contributed by atoms with Crippen molar-refractivity contribution < 1.29 is 9.18 Å². The highest BCUT2D eigenvalue weighted by molar-refractivity contribution is 5.94. The van der Waals surface area contributed by atoms with Crippen LogP contribution in [0.3, 0.4) is 0 Å². The molecule has 6 heteroatoms. The van der Waals surface area contributed by atoms with E-state index in [9.17, 15) is 9.18 Å².